The Morgan fingerprint density at radius 2 is 2.10 bits per heavy atom. The van der Waals surface area contributed by atoms with Gasteiger partial charge in [-0.3, -0.25) is 4.79 Å². The normalized spacial score (nSPS) is 10.2. The lowest BCUT2D eigenvalue weighted by Gasteiger charge is -2.04. The standard InChI is InChI=1S/C15H16N2O4/c1-4-21-15(19)14-13(10(2)18)9-17(16-14)11-6-5-7-12(8-11)20-3/h5-9H,4H2,1-3H3. The van der Waals surface area contributed by atoms with Gasteiger partial charge >= 0.3 is 5.97 Å². The molecule has 6 nitrogen and oxygen atoms in total. The summed E-state index contributed by atoms with van der Waals surface area (Å²) in [6, 6.07) is 7.15. The summed E-state index contributed by atoms with van der Waals surface area (Å²) in [6.07, 6.45) is 1.52. The van der Waals surface area contributed by atoms with Crippen molar-refractivity contribution < 1.29 is 19.1 Å². The molecule has 0 aliphatic rings. The van der Waals surface area contributed by atoms with Crippen molar-refractivity contribution in [2.24, 2.45) is 0 Å². The summed E-state index contributed by atoms with van der Waals surface area (Å²) in [6.45, 7) is 3.31. The van der Waals surface area contributed by atoms with E-state index in [-0.39, 0.29) is 23.6 Å². The first kappa shape index (κ1) is 14.8. The van der Waals surface area contributed by atoms with Crippen molar-refractivity contribution in [2.75, 3.05) is 13.7 Å². The lowest BCUT2D eigenvalue weighted by molar-refractivity contribution is 0.0516. The van der Waals surface area contributed by atoms with Gasteiger partial charge in [0, 0.05) is 12.3 Å². The largest absolute Gasteiger partial charge is 0.497 e. The molecule has 0 bridgehead atoms. The number of aromatic nitrogens is 2. The minimum absolute atomic E-state index is 0.0205. The SMILES string of the molecule is CCOC(=O)c1nn(-c2cccc(OC)c2)cc1C(C)=O. The van der Waals surface area contributed by atoms with Gasteiger partial charge in [0.1, 0.15) is 5.75 Å². The Balaban J connectivity index is 2.48. The molecule has 0 amide bonds. The second kappa shape index (κ2) is 6.21. The van der Waals surface area contributed by atoms with Gasteiger partial charge in [0.25, 0.3) is 0 Å². The molecule has 0 fully saturated rings. The molecule has 1 aromatic carbocycles. The van der Waals surface area contributed by atoms with E-state index in [0.29, 0.717) is 11.4 Å². The van der Waals surface area contributed by atoms with Crippen molar-refractivity contribution in [3.8, 4) is 11.4 Å². The summed E-state index contributed by atoms with van der Waals surface area (Å²) in [5.41, 5.74) is 0.941. The van der Waals surface area contributed by atoms with Gasteiger partial charge in [0.05, 0.1) is 25.0 Å². The maximum atomic E-state index is 11.9. The van der Waals surface area contributed by atoms with E-state index in [1.54, 1.807) is 38.3 Å². The van der Waals surface area contributed by atoms with Gasteiger partial charge in [-0.1, -0.05) is 6.07 Å². The molecule has 0 saturated heterocycles. The van der Waals surface area contributed by atoms with Crippen LogP contribution in [0.1, 0.15) is 34.7 Å². The predicted molar refractivity (Wildman–Crippen MR) is 76.1 cm³/mol. The first-order valence-electron chi connectivity index (χ1n) is 6.49. The maximum Gasteiger partial charge on any atom is 0.359 e. The van der Waals surface area contributed by atoms with Crippen LogP contribution in [-0.4, -0.2) is 35.2 Å². The monoisotopic (exact) mass is 288 g/mol. The Morgan fingerprint density at radius 1 is 1.33 bits per heavy atom. The van der Waals surface area contributed by atoms with Crippen molar-refractivity contribution in [1.82, 2.24) is 9.78 Å². The zero-order chi connectivity index (χ0) is 15.4. The number of benzene rings is 1. The van der Waals surface area contributed by atoms with Gasteiger partial charge in [-0.2, -0.15) is 5.10 Å². The van der Waals surface area contributed by atoms with Crippen LogP contribution in [0.4, 0.5) is 0 Å². The molecule has 0 aliphatic heterocycles. The van der Waals surface area contributed by atoms with Crippen LogP contribution in [0.25, 0.3) is 5.69 Å². The molecule has 0 radical (unpaired) electrons. The van der Waals surface area contributed by atoms with Crippen molar-refractivity contribution in [3.05, 3.63) is 41.7 Å². The van der Waals surface area contributed by atoms with E-state index >= 15 is 0 Å². The van der Waals surface area contributed by atoms with E-state index in [0.717, 1.165) is 0 Å². The number of carbonyl (C=O) groups excluding carboxylic acids is 2. The highest BCUT2D eigenvalue weighted by atomic mass is 16.5. The number of methoxy groups -OCH3 is 1. The third-order valence-corrected chi connectivity index (χ3v) is 2.88. The molecule has 6 heteroatoms. The highest BCUT2D eigenvalue weighted by molar-refractivity contribution is 6.04. The van der Waals surface area contributed by atoms with E-state index in [1.807, 2.05) is 0 Å². The second-order valence-electron chi connectivity index (χ2n) is 4.31. The van der Waals surface area contributed by atoms with Gasteiger partial charge in [-0.05, 0) is 26.0 Å². The fourth-order valence-electron chi connectivity index (χ4n) is 1.87. The van der Waals surface area contributed by atoms with E-state index in [4.69, 9.17) is 9.47 Å². The average molecular weight is 288 g/mol. The van der Waals surface area contributed by atoms with Crippen LogP contribution in [0.2, 0.25) is 0 Å². The minimum Gasteiger partial charge on any atom is -0.497 e. The number of ether oxygens (including phenoxy) is 2. The van der Waals surface area contributed by atoms with Crippen LogP contribution in [0.5, 0.6) is 5.75 Å². The highest BCUT2D eigenvalue weighted by Gasteiger charge is 2.21. The molecule has 0 spiro atoms. The van der Waals surface area contributed by atoms with Crippen LogP contribution in [0, 0.1) is 0 Å². The summed E-state index contributed by atoms with van der Waals surface area (Å²) in [7, 11) is 1.56. The highest BCUT2D eigenvalue weighted by Crippen LogP contribution is 2.18. The topological polar surface area (TPSA) is 70.4 Å². The number of hydrogen-bond acceptors (Lipinski definition) is 5. The molecular formula is C15H16N2O4. The van der Waals surface area contributed by atoms with Gasteiger partial charge in [0.2, 0.25) is 0 Å². The molecule has 1 aromatic heterocycles. The fraction of sp³-hybridized carbons (Fsp3) is 0.267. The molecule has 2 rings (SSSR count). The van der Waals surface area contributed by atoms with Crippen molar-refractivity contribution in [2.45, 2.75) is 13.8 Å². The van der Waals surface area contributed by atoms with Crippen LogP contribution in [0.3, 0.4) is 0 Å². The minimum atomic E-state index is -0.607. The zero-order valence-electron chi connectivity index (χ0n) is 12.1. The number of hydrogen-bond donors (Lipinski definition) is 0. The second-order valence-corrected chi connectivity index (χ2v) is 4.31. The first-order valence-corrected chi connectivity index (χ1v) is 6.49. The molecule has 2 aromatic rings. The quantitative estimate of drug-likeness (QED) is 0.623. The van der Waals surface area contributed by atoms with Gasteiger partial charge in [0.15, 0.2) is 11.5 Å². The van der Waals surface area contributed by atoms with E-state index in [1.165, 1.54) is 17.8 Å². The molecule has 0 N–H and O–H groups in total. The lowest BCUT2D eigenvalue weighted by atomic mass is 10.2. The van der Waals surface area contributed by atoms with Crippen LogP contribution in [0.15, 0.2) is 30.5 Å². The average Bonchev–Trinajstić information content (AvgIpc) is 2.93. The zero-order valence-corrected chi connectivity index (χ0v) is 12.1. The first-order chi connectivity index (χ1) is 10.1. The fourth-order valence-corrected chi connectivity index (χ4v) is 1.87. The predicted octanol–water partition coefficient (Wildman–Crippen LogP) is 2.26. The maximum absolute atomic E-state index is 11.9. The Kier molecular flexibility index (Phi) is 4.37. The number of rotatable bonds is 5. The van der Waals surface area contributed by atoms with Gasteiger partial charge in [-0.25, -0.2) is 9.48 Å². The molecule has 0 unspecified atom stereocenters. The van der Waals surface area contributed by atoms with Crippen molar-refractivity contribution >= 4 is 11.8 Å². The van der Waals surface area contributed by atoms with E-state index in [9.17, 15) is 9.59 Å². The lowest BCUT2D eigenvalue weighted by Crippen LogP contribution is -2.10. The van der Waals surface area contributed by atoms with Crippen LogP contribution < -0.4 is 4.74 Å². The molecule has 21 heavy (non-hydrogen) atoms. The Hall–Kier alpha value is -2.63. The van der Waals surface area contributed by atoms with E-state index in [2.05, 4.69) is 5.10 Å². The molecule has 1 heterocycles. The number of esters is 1. The van der Waals surface area contributed by atoms with Gasteiger partial charge < -0.3 is 9.47 Å². The number of Topliss-reactive ketones (excluding diaryl/α,β-unsaturated/α-hetero) is 1. The van der Waals surface area contributed by atoms with Crippen LogP contribution >= 0.6 is 0 Å². The third kappa shape index (κ3) is 3.10. The number of carbonyl (C=O) groups is 2. The van der Waals surface area contributed by atoms with E-state index < -0.39 is 5.97 Å². The van der Waals surface area contributed by atoms with Crippen molar-refractivity contribution in [3.63, 3.8) is 0 Å². The molecular weight excluding hydrogens is 272 g/mol. The third-order valence-electron chi connectivity index (χ3n) is 2.88. The summed E-state index contributed by atoms with van der Waals surface area (Å²) in [5.74, 6) is -0.193. The smallest absolute Gasteiger partial charge is 0.359 e. The number of nitrogens with zero attached hydrogens (tertiary/aromatic N) is 2. The molecule has 0 saturated carbocycles. The Bertz CT molecular complexity index is 676. The number of ketones is 1. The Morgan fingerprint density at radius 3 is 2.71 bits per heavy atom. The molecule has 110 valence electrons. The molecule has 0 atom stereocenters. The molecule has 0 aliphatic carbocycles. The van der Waals surface area contributed by atoms with Crippen LogP contribution in [-0.2, 0) is 4.74 Å². The summed E-state index contributed by atoms with van der Waals surface area (Å²) < 4.78 is 11.5. The van der Waals surface area contributed by atoms with Crippen molar-refractivity contribution in [1.29, 1.82) is 0 Å². The summed E-state index contributed by atoms with van der Waals surface area (Å²) in [5, 5.41) is 4.16. The summed E-state index contributed by atoms with van der Waals surface area (Å²) in [4.78, 5) is 23.5. The Labute approximate surface area is 122 Å². The summed E-state index contributed by atoms with van der Waals surface area (Å²) >= 11 is 0. The van der Waals surface area contributed by atoms with Gasteiger partial charge in [-0.15, -0.1) is 0 Å².